The van der Waals surface area contributed by atoms with E-state index in [0.717, 1.165) is 24.1 Å². The second kappa shape index (κ2) is 9.49. The summed E-state index contributed by atoms with van der Waals surface area (Å²) in [5.41, 5.74) is 5.23. The minimum Gasteiger partial charge on any atom is -0.299 e. The van der Waals surface area contributed by atoms with E-state index in [-0.39, 0.29) is 11.2 Å². The zero-order chi connectivity index (χ0) is 20.8. The number of aromatic nitrogens is 1. The Bertz CT molecular complexity index is 743. The number of carbonyl (C=O) groups is 1. The highest BCUT2D eigenvalue weighted by Crippen LogP contribution is 2.23. The first-order valence-corrected chi connectivity index (χ1v) is 10.6. The fraction of sp³-hybridized carbons (Fsp3) is 0.538. The van der Waals surface area contributed by atoms with Crippen LogP contribution in [0.4, 0.5) is 0 Å². The summed E-state index contributed by atoms with van der Waals surface area (Å²) >= 11 is 0. The Labute approximate surface area is 171 Å². The van der Waals surface area contributed by atoms with Gasteiger partial charge in [0.05, 0.1) is 0 Å². The van der Waals surface area contributed by atoms with Gasteiger partial charge in [-0.05, 0) is 59.3 Å². The number of rotatable bonds is 8. The molecular formula is C26H37NO. The van der Waals surface area contributed by atoms with Crippen LogP contribution in [0.1, 0.15) is 83.2 Å². The molecule has 0 N–H and O–H groups in total. The lowest BCUT2D eigenvalue weighted by atomic mass is 9.86. The molecule has 2 aromatic rings. The summed E-state index contributed by atoms with van der Waals surface area (Å²) in [4.78, 5) is 16.9. The second-order valence-corrected chi connectivity index (χ2v) is 10.2. The van der Waals surface area contributed by atoms with Crippen LogP contribution in [0.2, 0.25) is 0 Å². The first-order valence-electron chi connectivity index (χ1n) is 10.6. The van der Waals surface area contributed by atoms with Crippen LogP contribution < -0.4 is 0 Å². The fourth-order valence-electron chi connectivity index (χ4n) is 3.28. The summed E-state index contributed by atoms with van der Waals surface area (Å²) in [5, 5.41) is 0. The zero-order valence-corrected chi connectivity index (χ0v) is 18.6. The molecule has 0 unspecified atom stereocenters. The number of aryl methyl sites for hydroxylation is 2. The van der Waals surface area contributed by atoms with E-state index in [1.807, 2.05) is 6.20 Å². The number of benzene rings is 1. The third-order valence-corrected chi connectivity index (χ3v) is 5.16. The maximum absolute atomic E-state index is 12.3. The molecule has 0 fully saturated rings. The van der Waals surface area contributed by atoms with Crippen LogP contribution in [0, 0.1) is 5.41 Å². The van der Waals surface area contributed by atoms with E-state index in [9.17, 15) is 4.79 Å². The van der Waals surface area contributed by atoms with Crippen molar-refractivity contribution in [1.82, 2.24) is 4.98 Å². The van der Waals surface area contributed by atoms with Gasteiger partial charge in [-0.3, -0.25) is 9.78 Å². The van der Waals surface area contributed by atoms with Gasteiger partial charge < -0.3 is 0 Å². The molecular weight excluding hydrogens is 342 g/mol. The lowest BCUT2D eigenvalue weighted by Gasteiger charge is -2.19. The molecule has 0 atom stereocenters. The highest BCUT2D eigenvalue weighted by atomic mass is 16.1. The van der Waals surface area contributed by atoms with E-state index in [1.165, 1.54) is 24.0 Å². The van der Waals surface area contributed by atoms with Crippen molar-refractivity contribution in [3.63, 3.8) is 0 Å². The normalized spacial score (nSPS) is 12.2. The largest absolute Gasteiger partial charge is 0.299 e. The van der Waals surface area contributed by atoms with Crippen LogP contribution in [-0.2, 0) is 29.5 Å². The molecule has 0 saturated heterocycles. The molecule has 0 saturated carbocycles. The smallest absolute Gasteiger partial charge is 0.137 e. The average Bonchev–Trinajstić information content (AvgIpc) is 2.60. The number of hydrogen-bond acceptors (Lipinski definition) is 2. The van der Waals surface area contributed by atoms with Gasteiger partial charge in [-0.25, -0.2) is 0 Å². The number of hydrogen-bond donors (Lipinski definition) is 0. The van der Waals surface area contributed by atoms with Crippen molar-refractivity contribution in [2.45, 2.75) is 85.5 Å². The standard InChI is InChI=1S/C26H37NO/c1-25(2,3)17-7-8-21-11-14-23(27-19-21)15-16-24(28)18-20-9-12-22(13-10-20)26(4,5)6/h9-14,19H,7-8,15-18H2,1-6H3. The van der Waals surface area contributed by atoms with Crippen molar-refractivity contribution >= 4 is 5.78 Å². The predicted octanol–water partition coefficient (Wildman–Crippen LogP) is 6.49. The Morgan fingerprint density at radius 3 is 2.04 bits per heavy atom. The lowest BCUT2D eigenvalue weighted by Crippen LogP contribution is -2.11. The van der Waals surface area contributed by atoms with E-state index in [2.05, 4.69) is 82.9 Å². The van der Waals surface area contributed by atoms with Gasteiger partial charge in [-0.1, -0.05) is 71.9 Å². The summed E-state index contributed by atoms with van der Waals surface area (Å²) in [6.07, 6.45) is 7.26. The third kappa shape index (κ3) is 7.96. The molecule has 1 aromatic carbocycles. The van der Waals surface area contributed by atoms with E-state index in [0.29, 0.717) is 18.3 Å². The van der Waals surface area contributed by atoms with Gasteiger partial charge in [-0.2, -0.15) is 0 Å². The molecule has 0 aliphatic heterocycles. The Morgan fingerprint density at radius 1 is 0.857 bits per heavy atom. The summed E-state index contributed by atoms with van der Waals surface area (Å²) in [7, 11) is 0. The fourth-order valence-corrected chi connectivity index (χ4v) is 3.28. The predicted molar refractivity (Wildman–Crippen MR) is 119 cm³/mol. The molecule has 0 radical (unpaired) electrons. The molecule has 1 aromatic heterocycles. The zero-order valence-electron chi connectivity index (χ0n) is 18.6. The molecule has 0 spiro atoms. The molecule has 2 rings (SSSR count). The summed E-state index contributed by atoms with van der Waals surface area (Å²) < 4.78 is 0. The van der Waals surface area contributed by atoms with Gasteiger partial charge in [0.2, 0.25) is 0 Å². The van der Waals surface area contributed by atoms with Crippen molar-refractivity contribution in [3.05, 3.63) is 65.0 Å². The van der Waals surface area contributed by atoms with Crippen molar-refractivity contribution in [2.75, 3.05) is 0 Å². The molecule has 0 amide bonds. The Hall–Kier alpha value is -1.96. The monoisotopic (exact) mass is 379 g/mol. The van der Waals surface area contributed by atoms with E-state index < -0.39 is 0 Å². The second-order valence-electron chi connectivity index (χ2n) is 10.2. The van der Waals surface area contributed by atoms with Gasteiger partial charge in [0.1, 0.15) is 5.78 Å². The molecule has 0 bridgehead atoms. The highest BCUT2D eigenvalue weighted by molar-refractivity contribution is 5.81. The third-order valence-electron chi connectivity index (χ3n) is 5.16. The van der Waals surface area contributed by atoms with Gasteiger partial charge >= 0.3 is 0 Å². The van der Waals surface area contributed by atoms with Crippen LogP contribution >= 0.6 is 0 Å². The van der Waals surface area contributed by atoms with Gasteiger partial charge in [0, 0.05) is 24.7 Å². The SMILES string of the molecule is CC(C)(C)CCCc1ccc(CCC(=O)Cc2ccc(C(C)(C)C)cc2)nc1. The highest BCUT2D eigenvalue weighted by Gasteiger charge is 2.13. The van der Waals surface area contributed by atoms with Gasteiger partial charge in [0.15, 0.2) is 0 Å². The first kappa shape index (κ1) is 22.3. The number of Topliss-reactive ketones (excluding diaryl/α,β-unsaturated/α-hetero) is 1. The molecule has 152 valence electrons. The van der Waals surface area contributed by atoms with Crippen molar-refractivity contribution in [1.29, 1.82) is 0 Å². The lowest BCUT2D eigenvalue weighted by molar-refractivity contribution is -0.118. The molecule has 2 heteroatoms. The van der Waals surface area contributed by atoms with Crippen LogP contribution in [0.3, 0.4) is 0 Å². The maximum atomic E-state index is 12.3. The van der Waals surface area contributed by atoms with Crippen LogP contribution in [-0.4, -0.2) is 10.8 Å². The van der Waals surface area contributed by atoms with Crippen molar-refractivity contribution in [2.24, 2.45) is 5.41 Å². The Morgan fingerprint density at radius 2 is 1.50 bits per heavy atom. The topological polar surface area (TPSA) is 30.0 Å². The Balaban J connectivity index is 1.78. The molecule has 1 heterocycles. The molecule has 0 aliphatic rings. The average molecular weight is 380 g/mol. The number of ketones is 1. The van der Waals surface area contributed by atoms with Crippen molar-refractivity contribution in [3.8, 4) is 0 Å². The molecule has 2 nitrogen and oxygen atoms in total. The summed E-state index contributed by atoms with van der Waals surface area (Å²) in [6, 6.07) is 12.7. The van der Waals surface area contributed by atoms with Gasteiger partial charge in [-0.15, -0.1) is 0 Å². The van der Waals surface area contributed by atoms with E-state index in [4.69, 9.17) is 0 Å². The molecule has 0 aliphatic carbocycles. The van der Waals surface area contributed by atoms with Gasteiger partial charge in [0.25, 0.3) is 0 Å². The number of carbonyl (C=O) groups excluding carboxylic acids is 1. The quantitative estimate of drug-likeness (QED) is 0.524. The Kier molecular flexibility index (Phi) is 7.57. The van der Waals surface area contributed by atoms with Crippen LogP contribution in [0.25, 0.3) is 0 Å². The minimum atomic E-state index is 0.146. The summed E-state index contributed by atoms with van der Waals surface area (Å²) in [6.45, 7) is 13.5. The van der Waals surface area contributed by atoms with Crippen molar-refractivity contribution < 1.29 is 4.79 Å². The first-order chi connectivity index (χ1) is 13.0. The number of nitrogens with zero attached hydrogens (tertiary/aromatic N) is 1. The minimum absolute atomic E-state index is 0.146. The van der Waals surface area contributed by atoms with Crippen LogP contribution in [0.15, 0.2) is 42.6 Å². The van der Waals surface area contributed by atoms with E-state index in [1.54, 1.807) is 0 Å². The summed E-state index contributed by atoms with van der Waals surface area (Å²) in [5.74, 6) is 0.277. The van der Waals surface area contributed by atoms with Crippen LogP contribution in [0.5, 0.6) is 0 Å². The maximum Gasteiger partial charge on any atom is 0.137 e. The van der Waals surface area contributed by atoms with E-state index >= 15 is 0 Å². The molecule has 28 heavy (non-hydrogen) atoms. The number of pyridine rings is 1.